The smallest absolute Gasteiger partial charge is 0.407 e. The molecule has 3 N–H and O–H groups in total. The lowest BCUT2D eigenvalue weighted by Gasteiger charge is -2.22. The van der Waals surface area contributed by atoms with Crippen LogP contribution in [-0.2, 0) is 4.74 Å². The third-order valence-electron chi connectivity index (χ3n) is 3.39. The summed E-state index contributed by atoms with van der Waals surface area (Å²) in [5, 5.41) is 9.77. The van der Waals surface area contributed by atoms with Crippen molar-refractivity contribution in [3.8, 4) is 0 Å². The predicted octanol–water partition coefficient (Wildman–Crippen LogP) is 2.22. The topological polar surface area (TPSA) is 68.9 Å². The van der Waals surface area contributed by atoms with Crippen molar-refractivity contribution in [2.24, 2.45) is 0 Å². The van der Waals surface area contributed by atoms with Crippen LogP contribution in [0.15, 0.2) is 30.5 Å². The van der Waals surface area contributed by atoms with E-state index < -0.39 is 11.7 Å². The normalized spacial score (nSPS) is 14.5. The molecule has 0 radical (unpaired) electrons. The number of anilines is 1. The van der Waals surface area contributed by atoms with Gasteiger partial charge in [-0.05, 0) is 32.9 Å². The van der Waals surface area contributed by atoms with E-state index in [4.69, 9.17) is 4.74 Å². The minimum Gasteiger partial charge on any atom is -0.444 e. The van der Waals surface area contributed by atoms with E-state index in [1.807, 2.05) is 63.2 Å². The molecule has 1 aliphatic heterocycles. The molecule has 1 aromatic carbocycles. The van der Waals surface area contributed by atoms with Crippen molar-refractivity contribution >= 4 is 17.5 Å². The molecule has 0 unspecified atom stereocenters. The van der Waals surface area contributed by atoms with E-state index >= 15 is 0 Å². The Bertz CT molecular complexity index is 609. The minimum absolute atomic E-state index is 0.402. The monoisotopic (exact) mass is 333 g/mol. The highest BCUT2D eigenvalue weighted by molar-refractivity contribution is 5.68. The summed E-state index contributed by atoms with van der Waals surface area (Å²) in [7, 11) is 3.86. The van der Waals surface area contributed by atoms with Crippen molar-refractivity contribution in [2.45, 2.75) is 26.4 Å². The molecular formula is C17H27N5O2. The minimum atomic E-state index is -0.485. The van der Waals surface area contributed by atoms with Gasteiger partial charge in [-0.1, -0.05) is 12.1 Å². The van der Waals surface area contributed by atoms with E-state index in [0.717, 1.165) is 16.9 Å². The summed E-state index contributed by atoms with van der Waals surface area (Å²) in [6, 6.07) is 8.19. The molecular weight excluding hydrogens is 306 g/mol. The lowest BCUT2D eigenvalue weighted by Crippen LogP contribution is -2.42. The number of hydrogen-bond donors (Lipinski definition) is 3. The highest BCUT2D eigenvalue weighted by atomic mass is 16.6. The lowest BCUT2D eigenvalue weighted by atomic mass is 10.1. The van der Waals surface area contributed by atoms with Gasteiger partial charge in [0.2, 0.25) is 0 Å². The number of nitrogens with one attached hydrogen (secondary N) is 3. The fourth-order valence-electron chi connectivity index (χ4n) is 2.32. The first kappa shape index (κ1) is 17.9. The third-order valence-corrected chi connectivity index (χ3v) is 3.39. The van der Waals surface area contributed by atoms with Crippen molar-refractivity contribution < 1.29 is 9.53 Å². The van der Waals surface area contributed by atoms with Crippen LogP contribution in [0, 0.1) is 0 Å². The first-order chi connectivity index (χ1) is 11.3. The number of benzene rings is 1. The molecule has 1 amide bonds. The summed E-state index contributed by atoms with van der Waals surface area (Å²) >= 11 is 0. The van der Waals surface area contributed by atoms with Crippen molar-refractivity contribution in [2.75, 3.05) is 32.5 Å². The van der Waals surface area contributed by atoms with Gasteiger partial charge >= 0.3 is 6.09 Å². The second kappa shape index (κ2) is 7.44. The number of hydrogen-bond acceptors (Lipinski definition) is 6. The van der Waals surface area contributed by atoms with Crippen molar-refractivity contribution in [1.82, 2.24) is 20.9 Å². The third kappa shape index (κ3) is 5.06. The number of nitrogens with zero attached hydrogens (tertiary/aromatic N) is 2. The lowest BCUT2D eigenvalue weighted by molar-refractivity contribution is 0.0518. The van der Waals surface area contributed by atoms with Gasteiger partial charge in [0.05, 0.1) is 12.2 Å². The summed E-state index contributed by atoms with van der Waals surface area (Å²) in [5.74, 6) is 0. The maximum atomic E-state index is 11.6. The average Bonchev–Trinajstić information content (AvgIpc) is 2.86. The van der Waals surface area contributed by atoms with E-state index in [1.54, 1.807) is 0 Å². The van der Waals surface area contributed by atoms with Crippen LogP contribution in [-0.4, -0.2) is 48.9 Å². The standard InChI is InChI=1S/C17H27N5O2/c1-17(2,3)24-16(23)19-9-10-22-12-15(21(5)20-22)13-7-6-8-14(11-13)18-4/h6-8,11-12,18,20H,9-10H2,1-5H3,(H,19,23). The number of carbonyl (C=O) groups excluding carboxylic acids is 1. The van der Waals surface area contributed by atoms with Gasteiger partial charge in [-0.2, -0.15) is 0 Å². The molecule has 7 heteroatoms. The van der Waals surface area contributed by atoms with E-state index in [0.29, 0.717) is 13.1 Å². The zero-order valence-corrected chi connectivity index (χ0v) is 15.0. The first-order valence-corrected chi connectivity index (χ1v) is 8.02. The number of carbonyl (C=O) groups is 1. The van der Waals surface area contributed by atoms with Crippen molar-refractivity contribution in [3.63, 3.8) is 0 Å². The Hall–Kier alpha value is -2.41. The second-order valence-corrected chi connectivity index (χ2v) is 6.63. The molecule has 0 saturated heterocycles. The quantitative estimate of drug-likeness (QED) is 0.768. The molecule has 0 aromatic heterocycles. The molecule has 0 spiro atoms. The van der Waals surface area contributed by atoms with Crippen molar-refractivity contribution in [3.05, 3.63) is 36.0 Å². The summed E-state index contributed by atoms with van der Waals surface area (Å²) in [6.45, 7) is 6.64. The Morgan fingerprint density at radius 1 is 1.33 bits per heavy atom. The maximum Gasteiger partial charge on any atom is 0.407 e. The summed E-state index contributed by atoms with van der Waals surface area (Å²) in [4.78, 5) is 11.6. The Morgan fingerprint density at radius 3 is 2.75 bits per heavy atom. The van der Waals surface area contributed by atoms with Gasteiger partial charge < -0.3 is 15.4 Å². The molecule has 0 fully saturated rings. The van der Waals surface area contributed by atoms with E-state index in [-0.39, 0.29) is 0 Å². The molecule has 0 saturated carbocycles. The highest BCUT2D eigenvalue weighted by Crippen LogP contribution is 2.23. The first-order valence-electron chi connectivity index (χ1n) is 8.02. The van der Waals surface area contributed by atoms with Gasteiger partial charge in [0.1, 0.15) is 5.60 Å². The van der Waals surface area contributed by atoms with Gasteiger partial charge in [-0.3, -0.25) is 10.0 Å². The van der Waals surface area contributed by atoms with Gasteiger partial charge in [0.15, 0.2) is 0 Å². The predicted molar refractivity (Wildman–Crippen MR) is 95.8 cm³/mol. The number of alkyl carbamates (subject to hydrolysis) is 1. The summed E-state index contributed by atoms with van der Waals surface area (Å²) in [5.41, 5.74) is 5.97. The Kier molecular flexibility index (Phi) is 5.56. The highest BCUT2D eigenvalue weighted by Gasteiger charge is 2.19. The molecule has 1 aliphatic rings. The maximum absolute atomic E-state index is 11.6. The number of hydrazine groups is 2. The van der Waals surface area contributed by atoms with E-state index in [2.05, 4.69) is 28.3 Å². The zero-order valence-electron chi connectivity index (χ0n) is 15.0. The van der Waals surface area contributed by atoms with Gasteiger partial charge in [0.25, 0.3) is 0 Å². The number of amides is 1. The largest absolute Gasteiger partial charge is 0.444 e. The fraction of sp³-hybridized carbons (Fsp3) is 0.471. The second-order valence-electron chi connectivity index (χ2n) is 6.63. The molecule has 2 rings (SSSR count). The molecule has 1 aromatic rings. The number of rotatable bonds is 5. The zero-order chi connectivity index (χ0) is 17.7. The Morgan fingerprint density at radius 2 is 2.08 bits per heavy atom. The van der Waals surface area contributed by atoms with Crippen LogP contribution in [0.25, 0.3) is 5.70 Å². The van der Waals surface area contributed by atoms with Crippen LogP contribution in [0.3, 0.4) is 0 Å². The Balaban J connectivity index is 1.89. The van der Waals surface area contributed by atoms with E-state index in [9.17, 15) is 4.79 Å². The van der Waals surface area contributed by atoms with Crippen LogP contribution in [0.5, 0.6) is 0 Å². The molecule has 24 heavy (non-hydrogen) atoms. The molecule has 0 atom stereocenters. The van der Waals surface area contributed by atoms with Crippen LogP contribution in [0.1, 0.15) is 26.3 Å². The van der Waals surface area contributed by atoms with Gasteiger partial charge in [-0.15, -0.1) is 5.53 Å². The Labute approximate surface area is 143 Å². The molecule has 0 bridgehead atoms. The average molecular weight is 333 g/mol. The van der Waals surface area contributed by atoms with Gasteiger partial charge in [0, 0.05) is 38.1 Å². The van der Waals surface area contributed by atoms with Gasteiger partial charge in [-0.25, -0.2) is 4.79 Å². The van der Waals surface area contributed by atoms with Crippen LogP contribution < -0.4 is 16.2 Å². The fourth-order valence-corrected chi connectivity index (χ4v) is 2.32. The summed E-state index contributed by atoms with van der Waals surface area (Å²) in [6.07, 6.45) is 1.62. The molecule has 0 aliphatic carbocycles. The SMILES string of the molecule is CNc1cccc(C2=CN(CCNC(=O)OC(C)(C)C)NN2C)c1. The summed E-state index contributed by atoms with van der Waals surface area (Å²) < 4.78 is 5.22. The van der Waals surface area contributed by atoms with Crippen LogP contribution in [0.4, 0.5) is 10.5 Å². The molecule has 1 heterocycles. The molecule has 132 valence electrons. The van der Waals surface area contributed by atoms with Crippen LogP contribution in [0.2, 0.25) is 0 Å². The van der Waals surface area contributed by atoms with Crippen LogP contribution >= 0.6 is 0 Å². The van der Waals surface area contributed by atoms with E-state index in [1.165, 1.54) is 0 Å². The number of ether oxygens (including phenoxy) is 1. The van der Waals surface area contributed by atoms with Crippen molar-refractivity contribution in [1.29, 1.82) is 0 Å². The molecule has 7 nitrogen and oxygen atoms in total.